The lowest BCUT2D eigenvalue weighted by Gasteiger charge is -2.35. The number of cyclic esters (lactones) is 1. The van der Waals surface area contributed by atoms with Gasteiger partial charge < -0.3 is 20.1 Å². The third-order valence-electron chi connectivity index (χ3n) is 2.70. The second-order valence-electron chi connectivity index (χ2n) is 6.84. The Morgan fingerprint density at radius 2 is 1.95 bits per heavy atom. The van der Waals surface area contributed by atoms with E-state index in [-0.39, 0.29) is 24.1 Å². The van der Waals surface area contributed by atoms with Crippen molar-refractivity contribution in [3.05, 3.63) is 0 Å². The largest absolute Gasteiger partial charge is 0.447 e. The summed E-state index contributed by atoms with van der Waals surface area (Å²) in [5.41, 5.74) is -0.787. The van der Waals surface area contributed by atoms with Gasteiger partial charge in [0.2, 0.25) is 0 Å². The van der Waals surface area contributed by atoms with Crippen LogP contribution in [0.4, 0.5) is 9.59 Å². The maximum absolute atomic E-state index is 11.9. The maximum atomic E-state index is 11.9. The molecule has 6 nitrogen and oxygen atoms in total. The highest BCUT2D eigenvalue weighted by Crippen LogP contribution is 2.24. The number of carbonyl (C=O) groups excluding carboxylic acids is 2. The van der Waals surface area contributed by atoms with Crippen LogP contribution in [0.15, 0.2) is 0 Å². The highest BCUT2D eigenvalue weighted by atomic mass is 16.6. The standard InChI is InChI=1S/C13H24N2O4/c1-12(2,3)9(8-7-18-10(16)14-8)15-11(17)19-13(4,5)6/h8-9H,7H2,1-6H3,(H,14,16)(H,15,17). The van der Waals surface area contributed by atoms with Crippen molar-refractivity contribution in [3.63, 3.8) is 0 Å². The van der Waals surface area contributed by atoms with E-state index in [0.717, 1.165) is 0 Å². The first-order valence-corrected chi connectivity index (χ1v) is 6.42. The van der Waals surface area contributed by atoms with Gasteiger partial charge in [0.15, 0.2) is 0 Å². The van der Waals surface area contributed by atoms with Crippen molar-refractivity contribution in [2.45, 2.75) is 59.2 Å². The molecule has 19 heavy (non-hydrogen) atoms. The summed E-state index contributed by atoms with van der Waals surface area (Å²) in [6.07, 6.45) is -0.946. The molecule has 1 rings (SSSR count). The fraction of sp³-hybridized carbons (Fsp3) is 0.846. The fourth-order valence-corrected chi connectivity index (χ4v) is 1.93. The molecule has 0 aromatic rings. The fourth-order valence-electron chi connectivity index (χ4n) is 1.93. The number of carbonyl (C=O) groups is 2. The van der Waals surface area contributed by atoms with Gasteiger partial charge in [0, 0.05) is 0 Å². The highest BCUT2D eigenvalue weighted by Gasteiger charge is 2.39. The number of hydrogen-bond acceptors (Lipinski definition) is 4. The zero-order chi connectivity index (χ0) is 14.8. The predicted molar refractivity (Wildman–Crippen MR) is 70.9 cm³/mol. The Labute approximate surface area is 114 Å². The van der Waals surface area contributed by atoms with Gasteiger partial charge in [-0.3, -0.25) is 0 Å². The summed E-state index contributed by atoms with van der Waals surface area (Å²) in [4.78, 5) is 23.0. The van der Waals surface area contributed by atoms with E-state index in [4.69, 9.17) is 9.47 Å². The van der Waals surface area contributed by atoms with Gasteiger partial charge in [-0.05, 0) is 26.2 Å². The molecular formula is C13H24N2O4. The first kappa shape index (κ1) is 15.6. The van der Waals surface area contributed by atoms with Crippen LogP contribution < -0.4 is 10.6 Å². The van der Waals surface area contributed by atoms with Crippen LogP contribution in [0.2, 0.25) is 0 Å². The number of nitrogens with one attached hydrogen (secondary N) is 2. The molecule has 2 amide bonds. The molecule has 2 atom stereocenters. The Morgan fingerprint density at radius 3 is 2.32 bits per heavy atom. The van der Waals surface area contributed by atoms with Crippen LogP contribution in [-0.2, 0) is 9.47 Å². The Balaban J connectivity index is 2.71. The number of hydrogen-bond donors (Lipinski definition) is 2. The maximum Gasteiger partial charge on any atom is 0.407 e. The van der Waals surface area contributed by atoms with Gasteiger partial charge in [-0.15, -0.1) is 0 Å². The molecular weight excluding hydrogens is 248 g/mol. The van der Waals surface area contributed by atoms with Crippen molar-refractivity contribution < 1.29 is 19.1 Å². The second kappa shape index (κ2) is 5.27. The van der Waals surface area contributed by atoms with Gasteiger partial charge in [-0.25, -0.2) is 9.59 Å². The summed E-state index contributed by atoms with van der Waals surface area (Å²) in [6.45, 7) is 11.6. The first-order valence-electron chi connectivity index (χ1n) is 6.42. The molecule has 0 aliphatic carbocycles. The van der Waals surface area contributed by atoms with E-state index in [1.54, 1.807) is 20.8 Å². The zero-order valence-electron chi connectivity index (χ0n) is 12.5. The summed E-state index contributed by atoms with van der Waals surface area (Å²) >= 11 is 0. The monoisotopic (exact) mass is 272 g/mol. The average molecular weight is 272 g/mol. The summed E-state index contributed by atoms with van der Waals surface area (Å²) in [5.74, 6) is 0. The SMILES string of the molecule is CC(C)(C)OC(=O)NC(C1COC(=O)N1)C(C)(C)C. The van der Waals surface area contributed by atoms with Crippen molar-refractivity contribution >= 4 is 12.2 Å². The zero-order valence-corrected chi connectivity index (χ0v) is 12.5. The van der Waals surface area contributed by atoms with Crippen LogP contribution in [0.3, 0.4) is 0 Å². The molecule has 2 N–H and O–H groups in total. The van der Waals surface area contributed by atoms with Gasteiger partial charge >= 0.3 is 12.2 Å². The number of ether oxygens (including phenoxy) is 2. The molecule has 2 unspecified atom stereocenters. The molecule has 1 fully saturated rings. The summed E-state index contributed by atoms with van der Waals surface area (Å²) < 4.78 is 10.1. The Hall–Kier alpha value is -1.46. The molecule has 6 heteroatoms. The van der Waals surface area contributed by atoms with Crippen LogP contribution in [0.1, 0.15) is 41.5 Å². The second-order valence-corrected chi connectivity index (χ2v) is 6.84. The molecule has 0 saturated carbocycles. The van der Waals surface area contributed by atoms with Crippen molar-refractivity contribution in [1.82, 2.24) is 10.6 Å². The normalized spacial score (nSPS) is 21.4. The van der Waals surface area contributed by atoms with Crippen molar-refractivity contribution in [2.24, 2.45) is 5.41 Å². The van der Waals surface area contributed by atoms with Crippen molar-refractivity contribution in [1.29, 1.82) is 0 Å². The molecule has 0 radical (unpaired) electrons. The van der Waals surface area contributed by atoms with Gasteiger partial charge in [0.1, 0.15) is 12.2 Å². The lowest BCUT2D eigenvalue weighted by molar-refractivity contribution is 0.0441. The van der Waals surface area contributed by atoms with Crippen LogP contribution in [0, 0.1) is 5.41 Å². The number of alkyl carbamates (subject to hydrolysis) is 2. The van der Waals surface area contributed by atoms with Crippen LogP contribution in [-0.4, -0.2) is 36.5 Å². The summed E-state index contributed by atoms with van der Waals surface area (Å²) in [6, 6.07) is -0.520. The third-order valence-corrected chi connectivity index (χ3v) is 2.70. The molecule has 1 saturated heterocycles. The molecule has 1 aliphatic heterocycles. The molecule has 0 aromatic heterocycles. The minimum atomic E-state index is -0.554. The van der Waals surface area contributed by atoms with E-state index in [9.17, 15) is 9.59 Å². The quantitative estimate of drug-likeness (QED) is 0.806. The molecule has 1 heterocycles. The van der Waals surface area contributed by atoms with E-state index in [1.807, 2.05) is 20.8 Å². The van der Waals surface area contributed by atoms with E-state index in [1.165, 1.54) is 0 Å². The van der Waals surface area contributed by atoms with Gasteiger partial charge in [0.25, 0.3) is 0 Å². The van der Waals surface area contributed by atoms with Gasteiger partial charge in [-0.2, -0.15) is 0 Å². The van der Waals surface area contributed by atoms with E-state index >= 15 is 0 Å². The van der Waals surface area contributed by atoms with E-state index in [0.29, 0.717) is 0 Å². The number of rotatable bonds is 2. The van der Waals surface area contributed by atoms with Crippen LogP contribution in [0.25, 0.3) is 0 Å². The minimum absolute atomic E-state index is 0.234. The first-order chi connectivity index (χ1) is 8.49. The smallest absolute Gasteiger partial charge is 0.407 e. The Morgan fingerprint density at radius 1 is 1.37 bits per heavy atom. The Kier molecular flexibility index (Phi) is 4.32. The average Bonchev–Trinajstić information content (AvgIpc) is 2.56. The molecule has 1 aliphatic rings. The van der Waals surface area contributed by atoms with Crippen molar-refractivity contribution in [2.75, 3.05) is 6.61 Å². The van der Waals surface area contributed by atoms with E-state index in [2.05, 4.69) is 10.6 Å². The minimum Gasteiger partial charge on any atom is -0.447 e. The van der Waals surface area contributed by atoms with Crippen LogP contribution >= 0.6 is 0 Å². The van der Waals surface area contributed by atoms with E-state index < -0.39 is 17.8 Å². The topological polar surface area (TPSA) is 76.7 Å². The Bertz CT molecular complexity index is 355. The number of amides is 2. The lowest BCUT2D eigenvalue weighted by atomic mass is 9.82. The van der Waals surface area contributed by atoms with Crippen LogP contribution in [0.5, 0.6) is 0 Å². The highest BCUT2D eigenvalue weighted by molar-refractivity contribution is 5.71. The summed E-state index contributed by atoms with van der Waals surface area (Å²) in [5, 5.41) is 5.52. The molecule has 0 spiro atoms. The lowest BCUT2D eigenvalue weighted by Crippen LogP contribution is -2.56. The third kappa shape index (κ3) is 4.96. The molecule has 110 valence electrons. The van der Waals surface area contributed by atoms with Gasteiger partial charge in [-0.1, -0.05) is 20.8 Å². The molecule has 0 bridgehead atoms. The predicted octanol–water partition coefficient (Wildman–Crippen LogP) is 2.03. The molecule has 0 aromatic carbocycles. The van der Waals surface area contributed by atoms with Crippen molar-refractivity contribution in [3.8, 4) is 0 Å². The summed E-state index contributed by atoms with van der Waals surface area (Å²) in [7, 11) is 0. The van der Waals surface area contributed by atoms with Gasteiger partial charge in [0.05, 0.1) is 12.1 Å².